The molecule has 1 amide bonds. The topological polar surface area (TPSA) is 93.1 Å². The second kappa shape index (κ2) is 9.85. The molecule has 7 nitrogen and oxygen atoms in total. The van der Waals surface area contributed by atoms with E-state index in [4.69, 9.17) is 5.10 Å². The fourth-order valence-electron chi connectivity index (χ4n) is 3.85. The molecule has 4 aromatic rings. The lowest BCUT2D eigenvalue weighted by Crippen LogP contribution is -2.27. The maximum absolute atomic E-state index is 12.9. The lowest BCUT2D eigenvalue weighted by atomic mass is 10.1. The Morgan fingerprint density at radius 1 is 0.943 bits per heavy atom. The summed E-state index contributed by atoms with van der Waals surface area (Å²) in [6.45, 7) is 0.873. The number of carbonyl (C=O) groups excluding carboxylic acids is 1. The number of aromatic nitrogens is 2. The molecule has 178 valence electrons. The highest BCUT2D eigenvalue weighted by atomic mass is 32.2. The minimum atomic E-state index is -3.63. The van der Waals surface area contributed by atoms with E-state index in [1.54, 1.807) is 12.1 Å². The Kier molecular flexibility index (Phi) is 6.48. The van der Waals surface area contributed by atoms with Gasteiger partial charge in [0.2, 0.25) is 10.0 Å². The normalized spacial score (nSPS) is 13.5. The third-order valence-electron chi connectivity index (χ3n) is 5.82. The van der Waals surface area contributed by atoms with E-state index in [0.29, 0.717) is 12.1 Å². The van der Waals surface area contributed by atoms with E-state index < -0.39 is 10.0 Å². The van der Waals surface area contributed by atoms with E-state index in [0.717, 1.165) is 35.2 Å². The van der Waals surface area contributed by atoms with Crippen LogP contribution in [0, 0.1) is 0 Å². The highest BCUT2D eigenvalue weighted by Crippen LogP contribution is 2.24. The Hall–Kier alpha value is -3.75. The Labute approximate surface area is 204 Å². The number of nitrogens with one attached hydrogen (secondary N) is 2. The van der Waals surface area contributed by atoms with E-state index in [1.807, 2.05) is 71.5 Å². The quantitative estimate of drug-likeness (QED) is 0.374. The van der Waals surface area contributed by atoms with Gasteiger partial charge in [-0.05, 0) is 36.6 Å². The van der Waals surface area contributed by atoms with Crippen molar-refractivity contribution in [2.45, 2.75) is 36.9 Å². The van der Waals surface area contributed by atoms with Crippen molar-refractivity contribution in [3.63, 3.8) is 0 Å². The third-order valence-corrected chi connectivity index (χ3v) is 7.34. The van der Waals surface area contributed by atoms with E-state index in [9.17, 15) is 13.2 Å². The zero-order chi connectivity index (χ0) is 24.3. The number of benzene rings is 3. The van der Waals surface area contributed by atoms with E-state index in [2.05, 4.69) is 10.0 Å². The maximum Gasteiger partial charge on any atom is 0.251 e. The van der Waals surface area contributed by atoms with Crippen molar-refractivity contribution in [3.05, 3.63) is 108 Å². The lowest BCUT2D eigenvalue weighted by molar-refractivity contribution is 0.0950. The van der Waals surface area contributed by atoms with Crippen molar-refractivity contribution < 1.29 is 13.2 Å². The van der Waals surface area contributed by atoms with Gasteiger partial charge >= 0.3 is 0 Å². The summed E-state index contributed by atoms with van der Waals surface area (Å²) >= 11 is 0. The van der Waals surface area contributed by atoms with Crippen molar-refractivity contribution in [2.24, 2.45) is 0 Å². The van der Waals surface area contributed by atoms with Gasteiger partial charge in [0.25, 0.3) is 5.91 Å². The van der Waals surface area contributed by atoms with E-state index >= 15 is 0 Å². The molecule has 2 N–H and O–H groups in total. The van der Waals surface area contributed by atoms with Crippen molar-refractivity contribution in [2.75, 3.05) is 0 Å². The number of rotatable bonds is 9. The highest BCUT2D eigenvalue weighted by molar-refractivity contribution is 7.89. The van der Waals surface area contributed by atoms with Crippen molar-refractivity contribution in [1.29, 1.82) is 0 Å². The molecule has 0 saturated heterocycles. The SMILES string of the molecule is O=C(NCc1cn(Cc2ccccc2)nc1-c1ccccc1)c1cccc(S(=O)(=O)NC2CC2)c1. The molecule has 1 aliphatic rings. The first-order valence-corrected chi connectivity index (χ1v) is 13.0. The molecule has 5 rings (SSSR count). The Bertz CT molecular complexity index is 1430. The Morgan fingerprint density at radius 2 is 1.66 bits per heavy atom. The molecule has 1 saturated carbocycles. The molecule has 0 bridgehead atoms. The van der Waals surface area contributed by atoms with Crippen LogP contribution in [0.25, 0.3) is 11.3 Å². The zero-order valence-electron chi connectivity index (χ0n) is 19.1. The van der Waals surface area contributed by atoms with Gasteiger partial charge in [-0.3, -0.25) is 9.48 Å². The van der Waals surface area contributed by atoms with Gasteiger partial charge in [0, 0.05) is 35.5 Å². The molecule has 0 unspecified atom stereocenters. The summed E-state index contributed by atoms with van der Waals surface area (Å²) in [5.74, 6) is -0.344. The highest BCUT2D eigenvalue weighted by Gasteiger charge is 2.28. The van der Waals surface area contributed by atoms with Gasteiger partial charge in [-0.15, -0.1) is 0 Å². The van der Waals surface area contributed by atoms with Crippen LogP contribution in [0.5, 0.6) is 0 Å². The Morgan fingerprint density at radius 3 is 2.37 bits per heavy atom. The van der Waals surface area contributed by atoms with Crippen molar-refractivity contribution >= 4 is 15.9 Å². The van der Waals surface area contributed by atoms with Gasteiger partial charge in [-0.25, -0.2) is 13.1 Å². The van der Waals surface area contributed by atoms with Crippen LogP contribution in [-0.2, 0) is 23.1 Å². The fraction of sp³-hybridized carbons (Fsp3) is 0.185. The minimum absolute atomic E-state index is 0.00122. The summed E-state index contributed by atoms with van der Waals surface area (Å²) in [5.41, 5.74) is 4.05. The maximum atomic E-state index is 12.9. The van der Waals surface area contributed by atoms with Crippen LogP contribution in [0.4, 0.5) is 0 Å². The van der Waals surface area contributed by atoms with Gasteiger partial charge in [0.1, 0.15) is 0 Å². The molecule has 0 radical (unpaired) electrons. The second-order valence-corrected chi connectivity index (χ2v) is 10.4. The van der Waals surface area contributed by atoms with E-state index in [-0.39, 0.29) is 23.4 Å². The molecule has 8 heteroatoms. The summed E-state index contributed by atoms with van der Waals surface area (Å²) in [4.78, 5) is 13.0. The molecule has 0 spiro atoms. The summed E-state index contributed by atoms with van der Waals surface area (Å²) in [5, 5.41) is 7.71. The second-order valence-electron chi connectivity index (χ2n) is 8.66. The van der Waals surface area contributed by atoms with Crippen LogP contribution in [0.2, 0.25) is 0 Å². The van der Waals surface area contributed by atoms with Gasteiger partial charge < -0.3 is 5.32 Å². The van der Waals surface area contributed by atoms with Crippen LogP contribution in [-0.4, -0.2) is 30.1 Å². The summed E-state index contributed by atoms with van der Waals surface area (Å²) in [6.07, 6.45) is 3.64. The van der Waals surface area contributed by atoms with Crippen LogP contribution in [0.15, 0.2) is 96.0 Å². The predicted molar refractivity (Wildman–Crippen MR) is 134 cm³/mol. The van der Waals surface area contributed by atoms with Crippen LogP contribution < -0.4 is 10.0 Å². The number of sulfonamides is 1. The van der Waals surface area contributed by atoms with Gasteiger partial charge in [-0.1, -0.05) is 66.7 Å². The van der Waals surface area contributed by atoms with Gasteiger partial charge in [0.15, 0.2) is 0 Å². The molecule has 0 atom stereocenters. The summed E-state index contributed by atoms with van der Waals surface area (Å²) < 4.78 is 29.6. The molecule has 35 heavy (non-hydrogen) atoms. The third kappa shape index (κ3) is 5.67. The first-order valence-electron chi connectivity index (χ1n) is 11.5. The number of hydrogen-bond acceptors (Lipinski definition) is 4. The van der Waals surface area contributed by atoms with Crippen LogP contribution >= 0.6 is 0 Å². The average molecular weight is 487 g/mol. The Balaban J connectivity index is 1.35. The summed E-state index contributed by atoms with van der Waals surface area (Å²) in [7, 11) is -3.63. The van der Waals surface area contributed by atoms with Crippen molar-refractivity contribution in [3.8, 4) is 11.3 Å². The molecule has 0 aliphatic heterocycles. The minimum Gasteiger partial charge on any atom is -0.348 e. The molecule has 1 fully saturated rings. The van der Waals surface area contributed by atoms with Crippen molar-refractivity contribution in [1.82, 2.24) is 19.8 Å². The van der Waals surface area contributed by atoms with E-state index in [1.165, 1.54) is 12.1 Å². The van der Waals surface area contributed by atoms with Crippen LogP contribution in [0.3, 0.4) is 0 Å². The number of amides is 1. The first kappa shape index (κ1) is 23.0. The molecule has 3 aromatic carbocycles. The number of hydrogen-bond donors (Lipinski definition) is 2. The number of nitrogens with zero attached hydrogens (tertiary/aromatic N) is 2. The van der Waals surface area contributed by atoms with Crippen LogP contribution in [0.1, 0.15) is 34.3 Å². The molecule has 1 heterocycles. The fourth-order valence-corrected chi connectivity index (χ4v) is 5.20. The molecular weight excluding hydrogens is 460 g/mol. The molecule has 1 aromatic heterocycles. The largest absolute Gasteiger partial charge is 0.348 e. The standard InChI is InChI=1S/C27H26N4O3S/c32-27(22-12-7-13-25(16-22)35(33,34)30-24-14-15-24)28-17-23-19-31(18-20-8-3-1-4-9-20)29-26(23)21-10-5-2-6-11-21/h1-13,16,19,24,30H,14-15,17-18H2,(H,28,32). The molecular formula is C27H26N4O3S. The molecule has 1 aliphatic carbocycles. The monoisotopic (exact) mass is 486 g/mol. The first-order chi connectivity index (χ1) is 17.0. The van der Waals surface area contributed by atoms with Gasteiger partial charge in [-0.2, -0.15) is 5.10 Å². The van der Waals surface area contributed by atoms with Gasteiger partial charge in [0.05, 0.1) is 17.1 Å². The average Bonchev–Trinajstić information content (AvgIpc) is 3.60. The predicted octanol–water partition coefficient (Wildman–Crippen LogP) is 3.97. The number of carbonyl (C=O) groups is 1. The zero-order valence-corrected chi connectivity index (χ0v) is 19.9. The lowest BCUT2D eigenvalue weighted by Gasteiger charge is -2.09. The smallest absolute Gasteiger partial charge is 0.251 e. The summed E-state index contributed by atoms with van der Waals surface area (Å²) in [6, 6.07) is 26.0.